The summed E-state index contributed by atoms with van der Waals surface area (Å²) in [7, 11) is 0. The number of rotatable bonds is 1. The van der Waals surface area contributed by atoms with Gasteiger partial charge in [-0.3, -0.25) is 0 Å². The highest BCUT2D eigenvalue weighted by atomic mass is 79.9. The van der Waals surface area contributed by atoms with E-state index in [1.165, 1.54) is 0 Å². The number of halogens is 2. The van der Waals surface area contributed by atoms with Crippen LogP contribution in [-0.2, 0) is 0 Å². The van der Waals surface area contributed by atoms with Crippen molar-refractivity contribution in [2.75, 3.05) is 13.1 Å². The molecule has 1 N–H and O–H groups in total. The van der Waals surface area contributed by atoms with Gasteiger partial charge in [0.15, 0.2) is 0 Å². The average molecular weight is 258 g/mol. The van der Waals surface area contributed by atoms with Crippen LogP contribution in [-0.4, -0.2) is 13.1 Å². The molecule has 1 unspecified atom stereocenters. The van der Waals surface area contributed by atoms with E-state index in [0.717, 1.165) is 30.6 Å². The van der Waals surface area contributed by atoms with E-state index in [4.69, 9.17) is 0 Å². The molecule has 0 spiro atoms. The molecule has 0 saturated carbocycles. The van der Waals surface area contributed by atoms with Crippen LogP contribution in [0.5, 0.6) is 0 Å². The molecule has 1 saturated heterocycles. The Morgan fingerprint density at radius 2 is 2.29 bits per heavy atom. The van der Waals surface area contributed by atoms with Gasteiger partial charge in [0.25, 0.3) is 0 Å². The van der Waals surface area contributed by atoms with Gasteiger partial charge in [-0.15, -0.1) is 0 Å². The normalized spacial score (nSPS) is 21.5. The molecular formula is C11H13BrFN. The number of nitrogens with one attached hydrogen (secondary N) is 1. The lowest BCUT2D eigenvalue weighted by Crippen LogP contribution is -2.09. The van der Waals surface area contributed by atoms with Gasteiger partial charge in [0.05, 0.1) is 4.47 Å². The lowest BCUT2D eigenvalue weighted by molar-refractivity contribution is 0.581. The molecule has 0 bridgehead atoms. The largest absolute Gasteiger partial charge is 0.316 e. The number of hydrogen-bond donors (Lipinski definition) is 1. The quantitative estimate of drug-likeness (QED) is 0.816. The Kier molecular flexibility index (Phi) is 2.88. The molecule has 1 aromatic carbocycles. The van der Waals surface area contributed by atoms with Crippen molar-refractivity contribution in [3.63, 3.8) is 0 Å². The Labute approximate surface area is 91.8 Å². The van der Waals surface area contributed by atoms with E-state index in [1.807, 2.05) is 19.1 Å². The first-order chi connectivity index (χ1) is 6.68. The highest BCUT2D eigenvalue weighted by molar-refractivity contribution is 9.10. The van der Waals surface area contributed by atoms with Crippen LogP contribution in [0.25, 0.3) is 0 Å². The molecule has 76 valence electrons. The molecule has 3 heteroatoms. The minimum atomic E-state index is -0.0932. The number of benzene rings is 1. The van der Waals surface area contributed by atoms with Crippen molar-refractivity contribution in [3.05, 3.63) is 33.5 Å². The molecule has 2 rings (SSSR count). The molecule has 0 aromatic heterocycles. The molecule has 0 amide bonds. The fraction of sp³-hybridized carbons (Fsp3) is 0.455. The second kappa shape index (κ2) is 3.99. The summed E-state index contributed by atoms with van der Waals surface area (Å²) in [5.74, 6) is 0.246. The maximum Gasteiger partial charge on any atom is 0.140 e. The van der Waals surface area contributed by atoms with Gasteiger partial charge in [-0.25, -0.2) is 4.39 Å². The highest BCUT2D eigenvalue weighted by Crippen LogP contribution is 2.30. The molecule has 14 heavy (non-hydrogen) atoms. The second-order valence-electron chi connectivity index (χ2n) is 3.84. The zero-order valence-corrected chi connectivity index (χ0v) is 9.70. The minimum absolute atomic E-state index is 0.0932. The third-order valence-electron chi connectivity index (χ3n) is 2.70. The van der Waals surface area contributed by atoms with Crippen LogP contribution in [0, 0.1) is 12.7 Å². The first-order valence-corrected chi connectivity index (χ1v) is 5.64. The summed E-state index contributed by atoms with van der Waals surface area (Å²) in [6.45, 7) is 3.89. The van der Waals surface area contributed by atoms with Crippen molar-refractivity contribution in [2.24, 2.45) is 0 Å². The zero-order valence-electron chi connectivity index (χ0n) is 8.11. The lowest BCUT2D eigenvalue weighted by Gasteiger charge is -2.12. The monoisotopic (exact) mass is 257 g/mol. The fourth-order valence-corrected chi connectivity index (χ4v) is 2.56. The van der Waals surface area contributed by atoms with Crippen LogP contribution >= 0.6 is 15.9 Å². The molecular weight excluding hydrogens is 245 g/mol. The molecule has 1 heterocycles. The molecule has 0 aliphatic carbocycles. The Bertz CT molecular complexity index is 345. The van der Waals surface area contributed by atoms with Crippen LogP contribution in [0.3, 0.4) is 0 Å². The summed E-state index contributed by atoms with van der Waals surface area (Å²) in [5, 5.41) is 3.25. The molecule has 1 aromatic rings. The van der Waals surface area contributed by atoms with E-state index in [-0.39, 0.29) is 5.82 Å². The predicted molar refractivity (Wildman–Crippen MR) is 59.1 cm³/mol. The van der Waals surface area contributed by atoms with Gasteiger partial charge in [0, 0.05) is 12.5 Å². The Hall–Kier alpha value is -0.410. The average Bonchev–Trinajstić information content (AvgIpc) is 2.63. The van der Waals surface area contributed by atoms with E-state index in [9.17, 15) is 4.39 Å². The van der Waals surface area contributed by atoms with E-state index in [2.05, 4.69) is 21.2 Å². The first kappa shape index (κ1) is 10.1. The van der Waals surface area contributed by atoms with Crippen LogP contribution in [0.4, 0.5) is 4.39 Å². The topological polar surface area (TPSA) is 12.0 Å². The molecule has 0 radical (unpaired) electrons. The van der Waals surface area contributed by atoms with Crippen LogP contribution in [0.2, 0.25) is 0 Å². The Morgan fingerprint density at radius 1 is 1.50 bits per heavy atom. The van der Waals surface area contributed by atoms with Gasteiger partial charge >= 0.3 is 0 Å². The van der Waals surface area contributed by atoms with Gasteiger partial charge < -0.3 is 5.32 Å². The van der Waals surface area contributed by atoms with Crippen molar-refractivity contribution in [1.82, 2.24) is 5.32 Å². The van der Waals surface area contributed by atoms with Crippen molar-refractivity contribution in [2.45, 2.75) is 19.3 Å². The summed E-state index contributed by atoms with van der Waals surface area (Å²) >= 11 is 3.25. The van der Waals surface area contributed by atoms with Gasteiger partial charge in [0.1, 0.15) is 5.82 Å². The fourth-order valence-electron chi connectivity index (χ4n) is 1.97. The van der Waals surface area contributed by atoms with E-state index in [1.54, 1.807) is 0 Å². The van der Waals surface area contributed by atoms with Gasteiger partial charge in [-0.1, -0.05) is 6.07 Å². The summed E-state index contributed by atoms with van der Waals surface area (Å²) in [6.07, 6.45) is 1.03. The Morgan fingerprint density at radius 3 is 2.93 bits per heavy atom. The molecule has 1 nitrogen and oxygen atoms in total. The standard InChI is InChI=1S/C11H13BrFN/c1-7-4-9(8-2-3-14-6-8)11(13)10(12)5-7/h4-5,8,14H,2-3,6H2,1H3. The minimum Gasteiger partial charge on any atom is -0.316 e. The third-order valence-corrected chi connectivity index (χ3v) is 3.28. The van der Waals surface area contributed by atoms with E-state index in [0.29, 0.717) is 10.4 Å². The van der Waals surface area contributed by atoms with E-state index < -0.39 is 0 Å². The SMILES string of the molecule is Cc1cc(Br)c(F)c(C2CCNC2)c1. The molecule has 1 atom stereocenters. The van der Waals surface area contributed by atoms with Gasteiger partial charge in [-0.05, 0) is 53.0 Å². The summed E-state index contributed by atoms with van der Waals surface area (Å²) in [4.78, 5) is 0. The molecule has 1 fully saturated rings. The van der Waals surface area contributed by atoms with Crippen molar-refractivity contribution >= 4 is 15.9 Å². The summed E-state index contributed by atoms with van der Waals surface area (Å²) in [6, 6.07) is 3.78. The smallest absolute Gasteiger partial charge is 0.140 e. The summed E-state index contributed by atoms with van der Waals surface area (Å²) in [5.41, 5.74) is 1.96. The predicted octanol–water partition coefficient (Wildman–Crippen LogP) is 2.97. The maximum atomic E-state index is 13.8. The molecule has 1 aliphatic heterocycles. The van der Waals surface area contributed by atoms with Crippen molar-refractivity contribution < 1.29 is 4.39 Å². The van der Waals surface area contributed by atoms with Crippen LogP contribution in [0.15, 0.2) is 16.6 Å². The van der Waals surface area contributed by atoms with Crippen LogP contribution in [0.1, 0.15) is 23.5 Å². The van der Waals surface area contributed by atoms with Crippen LogP contribution < -0.4 is 5.32 Å². The highest BCUT2D eigenvalue weighted by Gasteiger charge is 2.21. The van der Waals surface area contributed by atoms with Gasteiger partial charge in [0.2, 0.25) is 0 Å². The first-order valence-electron chi connectivity index (χ1n) is 4.84. The zero-order chi connectivity index (χ0) is 10.1. The van der Waals surface area contributed by atoms with Crippen molar-refractivity contribution in [3.8, 4) is 0 Å². The van der Waals surface area contributed by atoms with Gasteiger partial charge in [-0.2, -0.15) is 0 Å². The lowest BCUT2D eigenvalue weighted by atomic mass is 9.96. The second-order valence-corrected chi connectivity index (χ2v) is 4.69. The number of hydrogen-bond acceptors (Lipinski definition) is 1. The van der Waals surface area contributed by atoms with Crippen molar-refractivity contribution in [1.29, 1.82) is 0 Å². The Balaban J connectivity index is 2.40. The maximum absolute atomic E-state index is 13.8. The third kappa shape index (κ3) is 1.84. The molecule has 1 aliphatic rings. The summed E-state index contributed by atoms with van der Waals surface area (Å²) < 4.78 is 14.3. The number of aryl methyl sites for hydroxylation is 1. The van der Waals surface area contributed by atoms with E-state index >= 15 is 0 Å².